The molecule has 0 radical (unpaired) electrons. The van der Waals surface area contributed by atoms with Gasteiger partial charge in [-0.3, -0.25) is 9.59 Å². The number of hydrogen-bond donors (Lipinski definition) is 3. The van der Waals surface area contributed by atoms with Crippen molar-refractivity contribution >= 4 is 16.9 Å². The van der Waals surface area contributed by atoms with Crippen molar-refractivity contribution in [1.29, 1.82) is 0 Å². The van der Waals surface area contributed by atoms with Crippen LogP contribution in [0.15, 0.2) is 94.1 Å². The second-order valence-corrected chi connectivity index (χ2v) is 9.85. The number of esters is 1. The minimum Gasteiger partial charge on any atom is -0.504 e. The molecule has 1 atom stereocenters. The fraction of sp³-hybridized carbons (Fsp3) is 0.176. The van der Waals surface area contributed by atoms with Crippen molar-refractivity contribution in [3.63, 3.8) is 0 Å². The number of methoxy groups -OCH3 is 2. The zero-order valence-corrected chi connectivity index (χ0v) is 23.6. The van der Waals surface area contributed by atoms with Gasteiger partial charge in [0.25, 0.3) is 0 Å². The summed E-state index contributed by atoms with van der Waals surface area (Å²) in [6.07, 6.45) is 0.409. The first-order chi connectivity index (χ1) is 20.8. The fourth-order valence-corrected chi connectivity index (χ4v) is 4.95. The first kappa shape index (κ1) is 29.1. The number of rotatable bonds is 10. The van der Waals surface area contributed by atoms with Crippen LogP contribution in [-0.2, 0) is 16.0 Å². The van der Waals surface area contributed by atoms with Crippen molar-refractivity contribution in [2.75, 3.05) is 20.8 Å². The van der Waals surface area contributed by atoms with Crippen LogP contribution in [-0.4, -0.2) is 42.1 Å². The zero-order chi connectivity index (χ0) is 30.5. The Morgan fingerprint density at radius 2 is 1.51 bits per heavy atom. The molecule has 1 heterocycles. The standard InChI is InChI=1S/C34H30O9/c1-40-23-12-8-20(9-13-23)16-17-42-24-14-10-21(11-15-24)25(18-28(36)41-2)29-31(37)33(39)32(38)30-26(35)19-27(43-34(29)30)22-6-4-3-5-7-22/h3-15,19,25,37-39H,16-18H2,1-2H3. The number of fused-ring (bicyclic) bond motifs is 1. The van der Waals surface area contributed by atoms with E-state index in [1.807, 2.05) is 30.3 Å². The maximum absolute atomic E-state index is 13.2. The predicted octanol–water partition coefficient (Wildman–Crippen LogP) is 5.90. The molecule has 0 amide bonds. The third-order valence-electron chi connectivity index (χ3n) is 7.24. The third kappa shape index (κ3) is 6.11. The highest BCUT2D eigenvalue weighted by Crippen LogP contribution is 2.49. The quantitative estimate of drug-likeness (QED) is 0.136. The van der Waals surface area contributed by atoms with E-state index in [1.165, 1.54) is 13.2 Å². The summed E-state index contributed by atoms with van der Waals surface area (Å²) in [5, 5.41) is 32.0. The Bertz CT molecular complexity index is 1790. The molecule has 0 saturated carbocycles. The van der Waals surface area contributed by atoms with Crippen LogP contribution in [0.4, 0.5) is 0 Å². The number of phenols is 3. The van der Waals surface area contributed by atoms with Crippen LogP contribution in [0.1, 0.15) is 29.0 Å². The Labute approximate surface area is 247 Å². The molecule has 9 nitrogen and oxygen atoms in total. The van der Waals surface area contributed by atoms with Crippen molar-refractivity contribution < 1.29 is 38.7 Å². The Balaban J connectivity index is 1.53. The second kappa shape index (κ2) is 12.6. The van der Waals surface area contributed by atoms with E-state index in [1.54, 1.807) is 55.6 Å². The summed E-state index contributed by atoms with van der Waals surface area (Å²) in [5.41, 5.74) is 1.38. The fourth-order valence-electron chi connectivity index (χ4n) is 4.95. The minimum atomic E-state index is -0.927. The summed E-state index contributed by atoms with van der Waals surface area (Å²) >= 11 is 0. The normalized spacial score (nSPS) is 11.7. The van der Waals surface area contributed by atoms with Gasteiger partial charge in [-0.25, -0.2) is 0 Å². The lowest BCUT2D eigenvalue weighted by atomic mass is 9.86. The molecular weight excluding hydrogens is 552 g/mol. The smallest absolute Gasteiger partial charge is 0.306 e. The highest BCUT2D eigenvalue weighted by atomic mass is 16.5. The summed E-state index contributed by atoms with van der Waals surface area (Å²) in [7, 11) is 2.85. The number of aromatic hydroxyl groups is 3. The van der Waals surface area contributed by atoms with E-state index in [2.05, 4.69) is 0 Å². The number of phenolic OH excluding ortho intramolecular Hbond substituents is 3. The first-order valence-corrected chi connectivity index (χ1v) is 13.5. The highest BCUT2D eigenvalue weighted by molar-refractivity contribution is 5.93. The number of carbonyl (C=O) groups is 1. The van der Waals surface area contributed by atoms with Crippen LogP contribution in [0.2, 0.25) is 0 Å². The summed E-state index contributed by atoms with van der Waals surface area (Å²) < 4.78 is 22.1. The van der Waals surface area contributed by atoms with Crippen molar-refractivity contribution in [1.82, 2.24) is 0 Å². The Morgan fingerprint density at radius 3 is 2.16 bits per heavy atom. The van der Waals surface area contributed by atoms with Crippen molar-refractivity contribution in [3.8, 4) is 40.1 Å². The van der Waals surface area contributed by atoms with Gasteiger partial charge in [-0.05, 0) is 35.4 Å². The molecule has 0 aliphatic heterocycles. The van der Waals surface area contributed by atoms with Crippen molar-refractivity contribution in [2.45, 2.75) is 18.8 Å². The molecule has 0 saturated heterocycles. The molecule has 43 heavy (non-hydrogen) atoms. The van der Waals surface area contributed by atoms with E-state index < -0.39 is 34.6 Å². The Morgan fingerprint density at radius 1 is 0.837 bits per heavy atom. The molecule has 0 fully saturated rings. The summed E-state index contributed by atoms with van der Waals surface area (Å²) in [6, 6.07) is 24.6. The summed E-state index contributed by atoms with van der Waals surface area (Å²) in [6.45, 7) is 0.419. The Hall–Kier alpha value is -5.44. The largest absolute Gasteiger partial charge is 0.504 e. The molecule has 5 aromatic rings. The zero-order valence-electron chi connectivity index (χ0n) is 23.6. The van der Waals surface area contributed by atoms with Gasteiger partial charge in [-0.15, -0.1) is 0 Å². The van der Waals surface area contributed by atoms with Crippen LogP contribution < -0.4 is 14.9 Å². The molecule has 5 rings (SSSR count). The number of benzene rings is 4. The number of ether oxygens (including phenoxy) is 3. The van der Waals surface area contributed by atoms with Crippen LogP contribution in [0, 0.1) is 0 Å². The van der Waals surface area contributed by atoms with Crippen LogP contribution in [0.5, 0.6) is 28.7 Å². The monoisotopic (exact) mass is 582 g/mol. The topological polar surface area (TPSA) is 136 Å². The summed E-state index contributed by atoms with van der Waals surface area (Å²) in [4.78, 5) is 25.8. The second-order valence-electron chi connectivity index (χ2n) is 9.85. The molecule has 9 heteroatoms. The van der Waals surface area contributed by atoms with E-state index in [9.17, 15) is 24.9 Å². The van der Waals surface area contributed by atoms with Gasteiger partial charge < -0.3 is 33.9 Å². The lowest BCUT2D eigenvalue weighted by molar-refractivity contribution is -0.140. The minimum absolute atomic E-state index is 0.0428. The molecule has 0 aliphatic carbocycles. The van der Waals surface area contributed by atoms with E-state index in [-0.39, 0.29) is 28.7 Å². The SMILES string of the molecule is COC(=O)CC(c1ccc(OCCc2ccc(OC)cc2)cc1)c1c(O)c(O)c(O)c2c(=O)cc(-c3ccccc3)oc12. The maximum atomic E-state index is 13.2. The number of hydrogen-bond acceptors (Lipinski definition) is 9. The van der Waals surface area contributed by atoms with Crippen LogP contribution in [0.25, 0.3) is 22.3 Å². The molecule has 0 spiro atoms. The lowest BCUT2D eigenvalue weighted by Crippen LogP contribution is -2.12. The van der Waals surface area contributed by atoms with E-state index in [0.29, 0.717) is 29.9 Å². The van der Waals surface area contributed by atoms with E-state index in [0.717, 1.165) is 11.3 Å². The molecule has 4 aromatic carbocycles. The van der Waals surface area contributed by atoms with Crippen LogP contribution in [0.3, 0.4) is 0 Å². The van der Waals surface area contributed by atoms with Gasteiger partial charge in [-0.2, -0.15) is 0 Å². The van der Waals surface area contributed by atoms with E-state index in [4.69, 9.17) is 18.6 Å². The highest BCUT2D eigenvalue weighted by Gasteiger charge is 2.31. The number of carbonyl (C=O) groups excluding carboxylic acids is 1. The van der Waals surface area contributed by atoms with E-state index >= 15 is 0 Å². The molecule has 220 valence electrons. The molecule has 3 N–H and O–H groups in total. The Kier molecular flexibility index (Phi) is 8.52. The van der Waals surface area contributed by atoms with Gasteiger partial charge in [0.1, 0.15) is 28.2 Å². The molecule has 0 aliphatic rings. The summed E-state index contributed by atoms with van der Waals surface area (Å²) in [5.74, 6) is -2.42. The van der Waals surface area contributed by atoms with Gasteiger partial charge in [-0.1, -0.05) is 54.6 Å². The average molecular weight is 583 g/mol. The van der Waals surface area contributed by atoms with Crippen molar-refractivity contribution in [2.24, 2.45) is 0 Å². The maximum Gasteiger partial charge on any atom is 0.306 e. The molecule has 0 bridgehead atoms. The van der Waals surface area contributed by atoms with Gasteiger partial charge in [0, 0.05) is 29.5 Å². The van der Waals surface area contributed by atoms with Gasteiger partial charge in [0.15, 0.2) is 16.9 Å². The van der Waals surface area contributed by atoms with Gasteiger partial charge >= 0.3 is 5.97 Å². The average Bonchev–Trinajstić information content (AvgIpc) is 3.04. The predicted molar refractivity (Wildman–Crippen MR) is 160 cm³/mol. The van der Waals surface area contributed by atoms with Gasteiger partial charge in [0.2, 0.25) is 5.75 Å². The van der Waals surface area contributed by atoms with Gasteiger partial charge in [0.05, 0.1) is 27.2 Å². The molecule has 1 aromatic heterocycles. The third-order valence-corrected chi connectivity index (χ3v) is 7.24. The first-order valence-electron chi connectivity index (χ1n) is 13.5. The molecular formula is C34H30O9. The lowest BCUT2D eigenvalue weighted by Gasteiger charge is -2.21. The van der Waals surface area contributed by atoms with Crippen molar-refractivity contribution in [3.05, 3.63) is 112 Å². The van der Waals surface area contributed by atoms with Crippen LogP contribution >= 0.6 is 0 Å². The molecule has 1 unspecified atom stereocenters.